The van der Waals surface area contributed by atoms with E-state index in [1.807, 2.05) is 12.1 Å². The van der Waals surface area contributed by atoms with E-state index in [4.69, 9.17) is 33.3 Å². The number of anilines is 1. The van der Waals surface area contributed by atoms with Crippen molar-refractivity contribution in [1.82, 2.24) is 10.9 Å². The molecular weight excluding hydrogens is 422 g/mol. The summed E-state index contributed by atoms with van der Waals surface area (Å²) in [6.07, 6.45) is 7.51. The summed E-state index contributed by atoms with van der Waals surface area (Å²) in [5.41, 5.74) is 8.24. The molecule has 0 radical (unpaired) electrons. The molecule has 0 unspecified atom stereocenters. The van der Waals surface area contributed by atoms with Crippen LogP contribution in [0.3, 0.4) is 0 Å². The molecule has 4 rings (SSSR count). The minimum absolute atomic E-state index is 0.179. The molecule has 4 N–H and O–H groups in total. The van der Waals surface area contributed by atoms with Gasteiger partial charge in [-0.15, -0.1) is 0 Å². The Bertz CT molecular complexity index is 990. The summed E-state index contributed by atoms with van der Waals surface area (Å²) in [6.45, 7) is 0. The van der Waals surface area contributed by atoms with Crippen molar-refractivity contribution >= 4 is 40.3 Å². The van der Waals surface area contributed by atoms with E-state index in [1.165, 1.54) is 6.42 Å². The normalized spacial score (nSPS) is 16.7. The number of nitrogens with one attached hydrogen (secondary N) is 3. The molecule has 0 atom stereocenters. The first-order chi connectivity index (χ1) is 14.5. The highest BCUT2D eigenvalue weighted by Crippen LogP contribution is 2.42. The molecular formula is C22H24ClN3O3S. The molecule has 2 aromatic rings. The summed E-state index contributed by atoms with van der Waals surface area (Å²) in [5, 5.41) is 13.9. The number of phenols is 1. The summed E-state index contributed by atoms with van der Waals surface area (Å²) in [4.78, 5) is 0. The second kappa shape index (κ2) is 8.62. The summed E-state index contributed by atoms with van der Waals surface area (Å²) in [7, 11) is 1.57. The number of benzene rings is 2. The van der Waals surface area contributed by atoms with E-state index in [1.54, 1.807) is 31.4 Å². The minimum Gasteiger partial charge on any atom is -0.508 e. The molecule has 2 aromatic carbocycles. The van der Waals surface area contributed by atoms with E-state index in [9.17, 15) is 5.11 Å². The lowest BCUT2D eigenvalue weighted by atomic mass is 9.82. The molecule has 1 aliphatic heterocycles. The van der Waals surface area contributed by atoms with Gasteiger partial charge in [0.2, 0.25) is 0 Å². The van der Waals surface area contributed by atoms with Gasteiger partial charge in [0.25, 0.3) is 0 Å². The largest absolute Gasteiger partial charge is 0.508 e. The third kappa shape index (κ3) is 4.42. The first-order valence-corrected chi connectivity index (χ1v) is 10.7. The highest BCUT2D eigenvalue weighted by molar-refractivity contribution is 7.80. The van der Waals surface area contributed by atoms with Gasteiger partial charge in [-0.3, -0.25) is 10.9 Å². The van der Waals surface area contributed by atoms with Crippen molar-refractivity contribution in [3.05, 3.63) is 53.1 Å². The molecule has 30 heavy (non-hydrogen) atoms. The quantitative estimate of drug-likeness (QED) is 0.390. The zero-order chi connectivity index (χ0) is 21.1. The van der Waals surface area contributed by atoms with E-state index in [0.717, 1.165) is 48.4 Å². The third-order valence-electron chi connectivity index (χ3n) is 5.39. The number of hydrogen-bond acceptors (Lipinski definition) is 5. The smallest absolute Gasteiger partial charge is 0.189 e. The van der Waals surface area contributed by atoms with Crippen molar-refractivity contribution in [2.75, 3.05) is 12.4 Å². The van der Waals surface area contributed by atoms with Crippen molar-refractivity contribution in [2.45, 2.75) is 37.7 Å². The summed E-state index contributed by atoms with van der Waals surface area (Å²) in [6, 6.07) is 10.5. The molecule has 0 bridgehead atoms. The van der Waals surface area contributed by atoms with E-state index in [0.29, 0.717) is 15.9 Å². The number of rotatable bonds is 4. The lowest BCUT2D eigenvalue weighted by molar-refractivity contribution is 0.0739. The van der Waals surface area contributed by atoms with Gasteiger partial charge in [0.15, 0.2) is 5.11 Å². The maximum Gasteiger partial charge on any atom is 0.189 e. The van der Waals surface area contributed by atoms with Gasteiger partial charge in [-0.2, -0.15) is 0 Å². The van der Waals surface area contributed by atoms with Crippen LogP contribution in [0.1, 0.15) is 37.7 Å². The maximum absolute atomic E-state index is 9.96. The van der Waals surface area contributed by atoms with Crippen LogP contribution in [0.5, 0.6) is 17.2 Å². The van der Waals surface area contributed by atoms with Gasteiger partial charge < -0.3 is 19.9 Å². The molecule has 1 aliphatic carbocycles. The van der Waals surface area contributed by atoms with Crippen LogP contribution in [-0.2, 0) is 0 Å². The van der Waals surface area contributed by atoms with Gasteiger partial charge in [-0.1, -0.05) is 18.0 Å². The molecule has 1 heterocycles. The molecule has 1 saturated carbocycles. The fourth-order valence-corrected chi connectivity index (χ4v) is 4.36. The molecule has 1 fully saturated rings. The average Bonchev–Trinajstić information content (AvgIpc) is 2.73. The van der Waals surface area contributed by atoms with Crippen molar-refractivity contribution in [3.8, 4) is 17.2 Å². The highest BCUT2D eigenvalue weighted by atomic mass is 35.5. The number of aromatic hydroxyl groups is 1. The SMILES string of the molecule is COc1ccc(NC(=S)NNC2=CC3(CCCCC3)Oc3ccc(O)cc32)cc1Cl. The van der Waals surface area contributed by atoms with Gasteiger partial charge in [0.1, 0.15) is 22.8 Å². The van der Waals surface area contributed by atoms with Gasteiger partial charge in [0, 0.05) is 11.3 Å². The van der Waals surface area contributed by atoms with Crippen LogP contribution in [0.2, 0.25) is 5.02 Å². The molecule has 0 amide bonds. The van der Waals surface area contributed by atoms with Crippen LogP contribution in [0.25, 0.3) is 5.70 Å². The van der Waals surface area contributed by atoms with Crippen molar-refractivity contribution < 1.29 is 14.6 Å². The lowest BCUT2D eigenvalue weighted by Crippen LogP contribution is -2.44. The Balaban J connectivity index is 1.49. The number of thiocarbonyl (C=S) groups is 1. The van der Waals surface area contributed by atoms with Crippen LogP contribution in [0.4, 0.5) is 5.69 Å². The van der Waals surface area contributed by atoms with Crippen LogP contribution < -0.4 is 25.6 Å². The minimum atomic E-state index is -0.329. The molecule has 8 heteroatoms. The van der Waals surface area contributed by atoms with Gasteiger partial charge >= 0.3 is 0 Å². The van der Waals surface area contributed by atoms with Crippen molar-refractivity contribution in [1.29, 1.82) is 0 Å². The number of hydrazine groups is 1. The first kappa shape index (κ1) is 20.6. The van der Waals surface area contributed by atoms with Crippen molar-refractivity contribution in [3.63, 3.8) is 0 Å². The Kier molecular flexibility index (Phi) is 5.92. The maximum atomic E-state index is 9.96. The predicted octanol–water partition coefficient (Wildman–Crippen LogP) is 4.98. The Hall–Kier alpha value is -2.64. The van der Waals surface area contributed by atoms with Crippen LogP contribution in [0.15, 0.2) is 42.5 Å². The Morgan fingerprint density at radius 3 is 2.70 bits per heavy atom. The zero-order valence-electron chi connectivity index (χ0n) is 16.6. The van der Waals surface area contributed by atoms with E-state index >= 15 is 0 Å². The Morgan fingerprint density at radius 2 is 1.97 bits per heavy atom. The van der Waals surface area contributed by atoms with E-state index in [2.05, 4.69) is 22.2 Å². The number of halogens is 1. The number of fused-ring (bicyclic) bond motifs is 1. The first-order valence-electron chi connectivity index (χ1n) is 9.90. The number of phenolic OH excluding ortho intramolecular Hbond substituents is 1. The Morgan fingerprint density at radius 1 is 1.17 bits per heavy atom. The lowest BCUT2D eigenvalue weighted by Gasteiger charge is -2.39. The van der Waals surface area contributed by atoms with Crippen LogP contribution in [-0.4, -0.2) is 22.9 Å². The molecule has 0 saturated heterocycles. The number of methoxy groups -OCH3 is 1. The summed E-state index contributed by atoms with van der Waals surface area (Å²) < 4.78 is 11.5. The van der Waals surface area contributed by atoms with Crippen molar-refractivity contribution in [2.24, 2.45) is 0 Å². The predicted molar refractivity (Wildman–Crippen MR) is 123 cm³/mol. The van der Waals surface area contributed by atoms with Crippen LogP contribution in [0, 0.1) is 0 Å². The monoisotopic (exact) mass is 445 g/mol. The Labute approximate surface area is 186 Å². The molecule has 6 nitrogen and oxygen atoms in total. The van der Waals surface area contributed by atoms with Crippen LogP contribution >= 0.6 is 23.8 Å². The number of hydrogen-bond donors (Lipinski definition) is 4. The topological polar surface area (TPSA) is 74.8 Å². The zero-order valence-corrected chi connectivity index (χ0v) is 18.2. The molecule has 2 aliphatic rings. The molecule has 1 spiro atoms. The average molecular weight is 446 g/mol. The number of ether oxygens (including phenoxy) is 2. The second-order valence-electron chi connectivity index (χ2n) is 7.52. The fraction of sp³-hybridized carbons (Fsp3) is 0.318. The molecule has 158 valence electrons. The van der Waals surface area contributed by atoms with Gasteiger partial charge in [0.05, 0.1) is 17.8 Å². The second-order valence-corrected chi connectivity index (χ2v) is 8.33. The van der Waals surface area contributed by atoms with E-state index in [-0.39, 0.29) is 11.4 Å². The van der Waals surface area contributed by atoms with Gasteiger partial charge in [-0.05, 0) is 80.4 Å². The van der Waals surface area contributed by atoms with E-state index < -0.39 is 0 Å². The summed E-state index contributed by atoms with van der Waals surface area (Å²) in [5.74, 6) is 1.53. The third-order valence-corrected chi connectivity index (χ3v) is 5.89. The highest BCUT2D eigenvalue weighted by Gasteiger charge is 2.37. The van der Waals surface area contributed by atoms with Gasteiger partial charge in [-0.25, -0.2) is 0 Å². The molecule has 0 aromatic heterocycles. The summed E-state index contributed by atoms with van der Waals surface area (Å²) >= 11 is 11.6. The fourth-order valence-electron chi connectivity index (χ4n) is 3.94. The standard InChI is InChI=1S/C22H24ClN3O3S/c1-28-20-7-5-14(11-17(20)23)24-21(30)26-25-18-13-22(9-3-2-4-10-22)29-19-8-6-15(27)12-16(18)19/h5-8,11-13,25,27H,2-4,9-10H2,1H3,(H2,24,26,30).